The average Bonchev–Trinajstić information content (AvgIpc) is 2.81. The number of H-pyrrole nitrogens is 1. The van der Waals surface area contributed by atoms with Crippen LogP contribution < -0.4 is 0 Å². The number of hydrogen-bond acceptors (Lipinski definition) is 1. The first-order valence-corrected chi connectivity index (χ1v) is 5.85. The van der Waals surface area contributed by atoms with Gasteiger partial charge in [0.05, 0.1) is 5.69 Å². The van der Waals surface area contributed by atoms with E-state index in [4.69, 9.17) is 11.6 Å². The molecule has 2 nitrogen and oxygen atoms in total. The van der Waals surface area contributed by atoms with Crippen LogP contribution in [0.3, 0.4) is 0 Å². The van der Waals surface area contributed by atoms with Gasteiger partial charge in [0.1, 0.15) is 5.38 Å². The zero-order valence-corrected chi connectivity index (χ0v) is 10.2. The topological polar surface area (TPSA) is 28.7 Å². The Bertz CT molecular complexity index is 431. The van der Waals surface area contributed by atoms with Crippen molar-refractivity contribution in [2.45, 2.75) is 25.1 Å². The van der Waals surface area contributed by atoms with Crippen LogP contribution >= 0.6 is 11.6 Å². The lowest BCUT2D eigenvalue weighted by Gasteiger charge is -2.10. The Morgan fingerprint density at radius 1 is 1.06 bits per heavy atom. The fourth-order valence-electron chi connectivity index (χ4n) is 1.64. The Labute approximate surface area is 101 Å². The smallest absolute Gasteiger partial charge is 0.100 e. The molecule has 1 atom stereocenters. The molecule has 0 saturated carbocycles. The fourth-order valence-corrected chi connectivity index (χ4v) is 1.90. The Morgan fingerprint density at radius 2 is 1.69 bits per heavy atom. The number of aromatic amines is 1. The lowest BCUT2D eigenvalue weighted by atomic mass is 10.0. The van der Waals surface area contributed by atoms with Crippen molar-refractivity contribution in [2.75, 3.05) is 0 Å². The van der Waals surface area contributed by atoms with E-state index in [1.54, 1.807) is 6.20 Å². The van der Waals surface area contributed by atoms with Crippen LogP contribution in [0.15, 0.2) is 36.5 Å². The highest BCUT2D eigenvalue weighted by atomic mass is 35.5. The summed E-state index contributed by atoms with van der Waals surface area (Å²) in [5, 5.41) is 6.65. The molecule has 3 heteroatoms. The predicted molar refractivity (Wildman–Crippen MR) is 66.8 cm³/mol. The molecule has 0 aliphatic heterocycles. The van der Waals surface area contributed by atoms with Crippen LogP contribution in [0.5, 0.6) is 0 Å². The summed E-state index contributed by atoms with van der Waals surface area (Å²) in [5.74, 6) is 0.551. The minimum Gasteiger partial charge on any atom is -0.281 e. The van der Waals surface area contributed by atoms with Gasteiger partial charge < -0.3 is 0 Å². The van der Waals surface area contributed by atoms with Crippen LogP contribution in [0, 0.1) is 0 Å². The number of hydrogen-bond donors (Lipinski definition) is 1. The molecule has 1 unspecified atom stereocenters. The minimum atomic E-state index is -0.149. The maximum atomic E-state index is 6.33. The van der Waals surface area contributed by atoms with Gasteiger partial charge in [-0.15, -0.1) is 11.6 Å². The first kappa shape index (κ1) is 11.2. The van der Waals surface area contributed by atoms with E-state index >= 15 is 0 Å². The number of alkyl halides is 1. The molecule has 0 aliphatic carbocycles. The first-order valence-electron chi connectivity index (χ1n) is 5.41. The third-order valence-electron chi connectivity index (χ3n) is 2.69. The molecule has 0 bridgehead atoms. The van der Waals surface area contributed by atoms with Gasteiger partial charge in [-0.1, -0.05) is 38.1 Å². The van der Waals surface area contributed by atoms with Crippen LogP contribution in [-0.4, -0.2) is 10.2 Å². The third kappa shape index (κ3) is 2.27. The van der Waals surface area contributed by atoms with E-state index in [0.717, 1.165) is 11.3 Å². The van der Waals surface area contributed by atoms with Crippen molar-refractivity contribution in [3.8, 4) is 0 Å². The monoisotopic (exact) mass is 234 g/mol. The van der Waals surface area contributed by atoms with E-state index in [0.29, 0.717) is 5.92 Å². The Kier molecular flexibility index (Phi) is 3.30. The zero-order valence-electron chi connectivity index (χ0n) is 9.44. The summed E-state index contributed by atoms with van der Waals surface area (Å²) in [6, 6.07) is 10.3. The normalized spacial score (nSPS) is 13.0. The van der Waals surface area contributed by atoms with Gasteiger partial charge in [-0.05, 0) is 23.1 Å². The molecule has 0 aliphatic rings. The summed E-state index contributed by atoms with van der Waals surface area (Å²) >= 11 is 6.33. The summed E-state index contributed by atoms with van der Waals surface area (Å²) in [6.45, 7) is 4.37. The summed E-state index contributed by atoms with van der Waals surface area (Å²) in [5.41, 5.74) is 3.35. The molecule has 0 amide bonds. The highest BCUT2D eigenvalue weighted by molar-refractivity contribution is 6.22. The van der Waals surface area contributed by atoms with Gasteiger partial charge in [0.25, 0.3) is 0 Å². The molecule has 1 aromatic heterocycles. The van der Waals surface area contributed by atoms with Crippen molar-refractivity contribution < 1.29 is 0 Å². The van der Waals surface area contributed by atoms with Crippen molar-refractivity contribution in [3.05, 3.63) is 53.3 Å². The van der Waals surface area contributed by atoms with Crippen molar-refractivity contribution >= 4 is 11.6 Å². The van der Waals surface area contributed by atoms with Crippen LogP contribution in [0.25, 0.3) is 0 Å². The molecule has 2 aromatic rings. The molecule has 0 spiro atoms. The van der Waals surface area contributed by atoms with Crippen LogP contribution in [-0.2, 0) is 0 Å². The molecule has 0 radical (unpaired) electrons. The molecule has 2 rings (SSSR count). The summed E-state index contributed by atoms with van der Waals surface area (Å²) in [6.07, 6.45) is 1.72. The van der Waals surface area contributed by atoms with Crippen molar-refractivity contribution in [3.63, 3.8) is 0 Å². The van der Waals surface area contributed by atoms with Gasteiger partial charge in [-0.2, -0.15) is 5.10 Å². The fraction of sp³-hybridized carbons (Fsp3) is 0.308. The second kappa shape index (κ2) is 4.71. The molecule has 84 valence electrons. The summed E-state index contributed by atoms with van der Waals surface area (Å²) in [4.78, 5) is 0. The molecule has 1 heterocycles. The van der Waals surface area contributed by atoms with E-state index in [1.165, 1.54) is 5.56 Å². The van der Waals surface area contributed by atoms with Crippen molar-refractivity contribution in [2.24, 2.45) is 0 Å². The van der Waals surface area contributed by atoms with Gasteiger partial charge in [0.2, 0.25) is 0 Å². The van der Waals surface area contributed by atoms with E-state index in [2.05, 4.69) is 48.3 Å². The second-order valence-corrected chi connectivity index (χ2v) is 4.63. The maximum Gasteiger partial charge on any atom is 0.100 e. The molecule has 1 N–H and O–H groups in total. The van der Waals surface area contributed by atoms with Crippen LogP contribution in [0.4, 0.5) is 0 Å². The highest BCUT2D eigenvalue weighted by Crippen LogP contribution is 2.28. The lowest BCUT2D eigenvalue weighted by molar-refractivity contribution is 0.864. The number of benzene rings is 1. The Balaban J connectivity index is 2.22. The zero-order chi connectivity index (χ0) is 11.5. The van der Waals surface area contributed by atoms with E-state index < -0.39 is 0 Å². The number of rotatable bonds is 3. The average molecular weight is 235 g/mol. The number of halogens is 1. The van der Waals surface area contributed by atoms with Gasteiger partial charge >= 0.3 is 0 Å². The lowest BCUT2D eigenvalue weighted by Crippen LogP contribution is -1.95. The number of nitrogens with zero attached hydrogens (tertiary/aromatic N) is 1. The molecular weight excluding hydrogens is 220 g/mol. The summed E-state index contributed by atoms with van der Waals surface area (Å²) in [7, 11) is 0. The van der Waals surface area contributed by atoms with Crippen LogP contribution in [0.1, 0.15) is 42.0 Å². The highest BCUT2D eigenvalue weighted by Gasteiger charge is 2.11. The van der Waals surface area contributed by atoms with Crippen molar-refractivity contribution in [1.29, 1.82) is 0 Å². The van der Waals surface area contributed by atoms with E-state index in [-0.39, 0.29) is 5.38 Å². The molecule has 0 saturated heterocycles. The van der Waals surface area contributed by atoms with Gasteiger partial charge in [0, 0.05) is 6.20 Å². The number of nitrogens with one attached hydrogen (secondary N) is 1. The third-order valence-corrected chi connectivity index (χ3v) is 3.18. The van der Waals surface area contributed by atoms with Crippen molar-refractivity contribution in [1.82, 2.24) is 10.2 Å². The molecular formula is C13H15ClN2. The number of aromatic nitrogens is 2. The molecule has 1 aromatic carbocycles. The predicted octanol–water partition coefficient (Wildman–Crippen LogP) is 3.86. The largest absolute Gasteiger partial charge is 0.281 e. The molecule has 16 heavy (non-hydrogen) atoms. The van der Waals surface area contributed by atoms with E-state index in [9.17, 15) is 0 Å². The minimum absolute atomic E-state index is 0.149. The first-order chi connectivity index (χ1) is 7.68. The second-order valence-electron chi connectivity index (χ2n) is 4.20. The van der Waals surface area contributed by atoms with Gasteiger partial charge in [-0.25, -0.2) is 0 Å². The quantitative estimate of drug-likeness (QED) is 0.803. The van der Waals surface area contributed by atoms with E-state index in [1.807, 2.05) is 6.07 Å². The Morgan fingerprint density at radius 3 is 2.19 bits per heavy atom. The SMILES string of the molecule is CC(C)c1ccc(C(Cl)c2ccn[nH]2)cc1. The Hall–Kier alpha value is -1.28. The van der Waals surface area contributed by atoms with Gasteiger partial charge in [-0.3, -0.25) is 5.10 Å². The standard InChI is InChI=1S/C13H15ClN2/c1-9(2)10-3-5-11(6-4-10)13(14)12-7-8-15-16-12/h3-9,13H,1-2H3,(H,15,16). The van der Waals surface area contributed by atoms with Gasteiger partial charge in [0.15, 0.2) is 0 Å². The summed E-state index contributed by atoms with van der Waals surface area (Å²) < 4.78 is 0. The molecule has 0 fully saturated rings. The maximum absolute atomic E-state index is 6.33. The van der Waals surface area contributed by atoms with Crippen LogP contribution in [0.2, 0.25) is 0 Å².